The highest BCUT2D eigenvalue weighted by atomic mass is 127. The lowest BCUT2D eigenvalue weighted by Crippen LogP contribution is -2.32. The summed E-state index contributed by atoms with van der Waals surface area (Å²) in [7, 11) is 1.68. The molecule has 0 aromatic heterocycles. The molecule has 114 valence electrons. The molecule has 0 fully saturated rings. The SMILES string of the molecule is COc1cc(CN=C(N)NCCC(C)C)ccc1C.I. The molecule has 0 bridgehead atoms. The quantitative estimate of drug-likeness (QED) is 0.445. The number of nitrogens with one attached hydrogen (secondary N) is 1. The van der Waals surface area contributed by atoms with E-state index in [0.717, 1.165) is 29.8 Å². The second-order valence-electron chi connectivity index (χ2n) is 5.11. The third-order valence-electron chi connectivity index (χ3n) is 2.93. The van der Waals surface area contributed by atoms with Gasteiger partial charge in [0, 0.05) is 6.54 Å². The number of hydrogen-bond acceptors (Lipinski definition) is 2. The first-order valence-corrected chi connectivity index (χ1v) is 6.70. The third-order valence-corrected chi connectivity index (χ3v) is 2.93. The van der Waals surface area contributed by atoms with Gasteiger partial charge >= 0.3 is 0 Å². The lowest BCUT2D eigenvalue weighted by Gasteiger charge is -2.08. The van der Waals surface area contributed by atoms with Gasteiger partial charge in [0.05, 0.1) is 13.7 Å². The van der Waals surface area contributed by atoms with E-state index < -0.39 is 0 Å². The maximum Gasteiger partial charge on any atom is 0.188 e. The molecule has 5 heteroatoms. The molecular weight excluding hydrogens is 365 g/mol. The van der Waals surface area contributed by atoms with Crippen LogP contribution in [0, 0.1) is 12.8 Å². The van der Waals surface area contributed by atoms with Crippen LogP contribution in [0.1, 0.15) is 31.4 Å². The van der Waals surface area contributed by atoms with Crippen molar-refractivity contribution < 1.29 is 4.74 Å². The molecule has 1 aromatic rings. The van der Waals surface area contributed by atoms with E-state index >= 15 is 0 Å². The summed E-state index contributed by atoms with van der Waals surface area (Å²) in [6.07, 6.45) is 1.09. The molecule has 0 radical (unpaired) electrons. The second-order valence-corrected chi connectivity index (χ2v) is 5.11. The van der Waals surface area contributed by atoms with Crippen molar-refractivity contribution in [1.82, 2.24) is 5.32 Å². The molecule has 1 aromatic carbocycles. The molecule has 0 saturated carbocycles. The number of nitrogens with two attached hydrogens (primary N) is 1. The topological polar surface area (TPSA) is 59.6 Å². The molecule has 0 spiro atoms. The summed E-state index contributed by atoms with van der Waals surface area (Å²) in [6.45, 7) is 7.83. The van der Waals surface area contributed by atoms with Crippen LogP contribution in [0.15, 0.2) is 23.2 Å². The normalized spacial score (nSPS) is 11.2. The fourth-order valence-corrected chi connectivity index (χ4v) is 1.68. The minimum Gasteiger partial charge on any atom is -0.496 e. The summed E-state index contributed by atoms with van der Waals surface area (Å²) in [4.78, 5) is 4.32. The van der Waals surface area contributed by atoms with Gasteiger partial charge in [0.15, 0.2) is 5.96 Å². The van der Waals surface area contributed by atoms with Gasteiger partial charge in [-0.05, 0) is 36.5 Å². The lowest BCUT2D eigenvalue weighted by molar-refractivity contribution is 0.411. The number of aryl methyl sites for hydroxylation is 1. The van der Waals surface area contributed by atoms with Crippen molar-refractivity contribution in [1.29, 1.82) is 0 Å². The molecule has 0 unspecified atom stereocenters. The molecule has 0 amide bonds. The van der Waals surface area contributed by atoms with Gasteiger partial charge in [-0.25, -0.2) is 4.99 Å². The Bertz CT molecular complexity index is 433. The van der Waals surface area contributed by atoms with Crippen LogP contribution >= 0.6 is 24.0 Å². The van der Waals surface area contributed by atoms with Crippen LogP contribution in [-0.2, 0) is 6.54 Å². The molecule has 1 rings (SSSR count). The van der Waals surface area contributed by atoms with Crippen LogP contribution in [0.4, 0.5) is 0 Å². The predicted molar refractivity (Wildman–Crippen MR) is 95.9 cm³/mol. The number of ether oxygens (including phenoxy) is 1. The zero-order chi connectivity index (χ0) is 14.3. The van der Waals surface area contributed by atoms with E-state index in [2.05, 4.69) is 24.2 Å². The van der Waals surface area contributed by atoms with Gasteiger partial charge in [-0.1, -0.05) is 26.0 Å². The van der Waals surface area contributed by atoms with E-state index in [1.54, 1.807) is 7.11 Å². The average Bonchev–Trinajstić information content (AvgIpc) is 2.37. The first kappa shape index (κ1) is 19.0. The number of guanidine groups is 1. The van der Waals surface area contributed by atoms with Gasteiger partial charge in [-0.2, -0.15) is 0 Å². The van der Waals surface area contributed by atoms with E-state index in [1.807, 2.05) is 25.1 Å². The number of nitrogens with zero attached hydrogens (tertiary/aromatic N) is 1. The number of rotatable bonds is 6. The van der Waals surface area contributed by atoms with Crippen LogP contribution in [0.25, 0.3) is 0 Å². The smallest absolute Gasteiger partial charge is 0.188 e. The van der Waals surface area contributed by atoms with E-state index in [9.17, 15) is 0 Å². The van der Waals surface area contributed by atoms with Crippen molar-refractivity contribution in [2.75, 3.05) is 13.7 Å². The van der Waals surface area contributed by atoms with Crippen LogP contribution in [0.3, 0.4) is 0 Å². The Hall–Kier alpha value is -0.980. The molecule has 0 saturated heterocycles. The van der Waals surface area contributed by atoms with Gasteiger partial charge in [0.1, 0.15) is 5.75 Å². The van der Waals surface area contributed by atoms with Crippen LogP contribution in [0.5, 0.6) is 5.75 Å². The Morgan fingerprint density at radius 2 is 2.10 bits per heavy atom. The monoisotopic (exact) mass is 391 g/mol. The molecule has 3 N–H and O–H groups in total. The Morgan fingerprint density at radius 1 is 1.40 bits per heavy atom. The molecule has 20 heavy (non-hydrogen) atoms. The minimum atomic E-state index is 0. The summed E-state index contributed by atoms with van der Waals surface area (Å²) in [6, 6.07) is 6.08. The third kappa shape index (κ3) is 6.98. The molecule has 0 aliphatic rings. The predicted octanol–water partition coefficient (Wildman–Crippen LogP) is 3.07. The largest absolute Gasteiger partial charge is 0.496 e. The molecule has 0 aliphatic carbocycles. The maximum atomic E-state index is 5.82. The van der Waals surface area contributed by atoms with E-state index in [-0.39, 0.29) is 24.0 Å². The molecule has 4 nitrogen and oxygen atoms in total. The summed E-state index contributed by atoms with van der Waals surface area (Å²) >= 11 is 0. The van der Waals surface area contributed by atoms with Gasteiger partial charge in [0.25, 0.3) is 0 Å². The Balaban J connectivity index is 0.00000361. The van der Waals surface area contributed by atoms with Crippen molar-refractivity contribution in [3.63, 3.8) is 0 Å². The van der Waals surface area contributed by atoms with E-state index in [0.29, 0.717) is 18.4 Å². The highest BCUT2D eigenvalue weighted by molar-refractivity contribution is 14.0. The number of benzene rings is 1. The Kier molecular flexibility index (Phi) is 9.37. The van der Waals surface area contributed by atoms with Crippen molar-refractivity contribution in [2.45, 2.75) is 33.7 Å². The van der Waals surface area contributed by atoms with Gasteiger partial charge in [0.2, 0.25) is 0 Å². The number of methoxy groups -OCH3 is 1. The molecule has 0 aliphatic heterocycles. The average molecular weight is 391 g/mol. The molecular formula is C15H26IN3O. The van der Waals surface area contributed by atoms with Gasteiger partial charge < -0.3 is 15.8 Å². The maximum absolute atomic E-state index is 5.82. The van der Waals surface area contributed by atoms with E-state index in [4.69, 9.17) is 10.5 Å². The zero-order valence-electron chi connectivity index (χ0n) is 12.8. The first-order chi connectivity index (χ1) is 9.02. The van der Waals surface area contributed by atoms with Crippen molar-refractivity contribution in [3.05, 3.63) is 29.3 Å². The van der Waals surface area contributed by atoms with Crippen LogP contribution in [-0.4, -0.2) is 19.6 Å². The van der Waals surface area contributed by atoms with Crippen molar-refractivity contribution >= 4 is 29.9 Å². The lowest BCUT2D eigenvalue weighted by atomic mass is 10.1. The standard InChI is InChI=1S/C15H25N3O.HI/c1-11(2)7-8-17-15(16)18-10-13-6-5-12(3)14(9-13)19-4;/h5-6,9,11H,7-8,10H2,1-4H3,(H3,16,17,18);1H. The minimum absolute atomic E-state index is 0. The number of aliphatic imine (C=N–C) groups is 1. The second kappa shape index (κ2) is 9.85. The van der Waals surface area contributed by atoms with Crippen molar-refractivity contribution in [3.8, 4) is 5.75 Å². The highest BCUT2D eigenvalue weighted by Gasteiger charge is 2.00. The fourth-order valence-electron chi connectivity index (χ4n) is 1.68. The van der Waals surface area contributed by atoms with Crippen molar-refractivity contribution in [2.24, 2.45) is 16.6 Å². The Labute approximate surface area is 139 Å². The summed E-state index contributed by atoms with van der Waals surface area (Å²) < 4.78 is 5.29. The molecule has 0 heterocycles. The number of halogens is 1. The number of hydrogen-bond donors (Lipinski definition) is 2. The van der Waals surface area contributed by atoms with Gasteiger partial charge in [-0.15, -0.1) is 24.0 Å². The Morgan fingerprint density at radius 3 is 2.70 bits per heavy atom. The summed E-state index contributed by atoms with van der Waals surface area (Å²) in [5, 5.41) is 3.12. The van der Waals surface area contributed by atoms with E-state index in [1.165, 1.54) is 0 Å². The van der Waals surface area contributed by atoms with Crippen LogP contribution < -0.4 is 15.8 Å². The zero-order valence-corrected chi connectivity index (χ0v) is 15.1. The van der Waals surface area contributed by atoms with Gasteiger partial charge in [-0.3, -0.25) is 0 Å². The molecule has 0 atom stereocenters. The summed E-state index contributed by atoms with van der Waals surface area (Å²) in [5.74, 6) is 2.06. The first-order valence-electron chi connectivity index (χ1n) is 6.70. The fraction of sp³-hybridized carbons (Fsp3) is 0.533. The van der Waals surface area contributed by atoms with Crippen LogP contribution in [0.2, 0.25) is 0 Å². The highest BCUT2D eigenvalue weighted by Crippen LogP contribution is 2.19. The summed E-state index contributed by atoms with van der Waals surface area (Å²) in [5.41, 5.74) is 8.03.